The summed E-state index contributed by atoms with van der Waals surface area (Å²) in [6.07, 6.45) is 0. The minimum Gasteiger partial charge on any atom is -0.478 e. The Morgan fingerprint density at radius 3 is 2.22 bits per heavy atom. The maximum absolute atomic E-state index is 10.8. The number of hydrogen-bond donors (Lipinski definition) is 2. The molecule has 4 heteroatoms. The van der Waals surface area contributed by atoms with Crippen LogP contribution in [-0.2, 0) is 6.54 Å². The Kier molecular flexibility index (Phi) is 4.89. The van der Waals surface area contributed by atoms with E-state index in [-0.39, 0.29) is 12.4 Å². The normalized spacial score (nSPS) is 9.61. The second kappa shape index (κ2) is 6.19. The highest BCUT2D eigenvalue weighted by Gasteiger charge is 2.05. The highest BCUT2D eigenvalue weighted by Crippen LogP contribution is 2.23. The van der Waals surface area contributed by atoms with Gasteiger partial charge in [-0.2, -0.15) is 0 Å². The Morgan fingerprint density at radius 1 is 1.06 bits per heavy atom. The number of benzene rings is 2. The zero-order chi connectivity index (χ0) is 12.3. The van der Waals surface area contributed by atoms with Crippen LogP contribution in [0.3, 0.4) is 0 Å². The Balaban J connectivity index is 0.00000162. The molecule has 0 saturated carbocycles. The molecule has 18 heavy (non-hydrogen) atoms. The first-order valence-corrected chi connectivity index (χ1v) is 5.34. The third-order valence-corrected chi connectivity index (χ3v) is 2.68. The fraction of sp³-hybridized carbons (Fsp3) is 0.0714. The molecule has 3 nitrogen and oxygen atoms in total. The zero-order valence-electron chi connectivity index (χ0n) is 9.67. The van der Waals surface area contributed by atoms with E-state index in [0.717, 1.165) is 16.7 Å². The Hall–Kier alpha value is -1.84. The first-order chi connectivity index (χ1) is 8.22. The molecule has 0 radical (unpaired) electrons. The highest BCUT2D eigenvalue weighted by atomic mass is 35.5. The van der Waals surface area contributed by atoms with Crippen molar-refractivity contribution in [1.29, 1.82) is 0 Å². The summed E-state index contributed by atoms with van der Waals surface area (Å²) >= 11 is 0. The quantitative estimate of drug-likeness (QED) is 0.895. The van der Waals surface area contributed by atoms with Crippen molar-refractivity contribution in [3.63, 3.8) is 0 Å². The summed E-state index contributed by atoms with van der Waals surface area (Å²) in [5, 5.41) is 8.83. The lowest BCUT2D eigenvalue weighted by Gasteiger charge is -2.07. The second-order valence-electron chi connectivity index (χ2n) is 3.74. The molecule has 0 fully saturated rings. The van der Waals surface area contributed by atoms with Crippen LogP contribution in [0.15, 0.2) is 48.5 Å². The average Bonchev–Trinajstić information content (AvgIpc) is 2.39. The van der Waals surface area contributed by atoms with Crippen LogP contribution in [0.5, 0.6) is 0 Å². The molecule has 0 amide bonds. The SMILES string of the molecule is Cl.NCc1ccccc1-c1ccc(C(=O)O)cc1. The molecular formula is C14H14ClNO2. The lowest BCUT2D eigenvalue weighted by Crippen LogP contribution is -1.99. The van der Waals surface area contributed by atoms with Gasteiger partial charge in [-0.15, -0.1) is 12.4 Å². The Bertz CT molecular complexity index is 538. The average molecular weight is 264 g/mol. The fourth-order valence-corrected chi connectivity index (χ4v) is 1.77. The van der Waals surface area contributed by atoms with E-state index in [1.54, 1.807) is 24.3 Å². The van der Waals surface area contributed by atoms with Gasteiger partial charge in [-0.25, -0.2) is 4.79 Å². The molecule has 94 valence electrons. The van der Waals surface area contributed by atoms with Crippen LogP contribution in [0.2, 0.25) is 0 Å². The van der Waals surface area contributed by atoms with Gasteiger partial charge in [-0.3, -0.25) is 0 Å². The largest absolute Gasteiger partial charge is 0.478 e. The van der Waals surface area contributed by atoms with Crippen LogP contribution in [0.25, 0.3) is 11.1 Å². The maximum Gasteiger partial charge on any atom is 0.335 e. The van der Waals surface area contributed by atoms with Gasteiger partial charge in [0.15, 0.2) is 0 Å². The van der Waals surface area contributed by atoms with E-state index in [4.69, 9.17) is 10.8 Å². The van der Waals surface area contributed by atoms with E-state index in [1.165, 1.54) is 0 Å². The highest BCUT2D eigenvalue weighted by molar-refractivity contribution is 5.88. The van der Waals surface area contributed by atoms with Gasteiger partial charge >= 0.3 is 5.97 Å². The molecule has 0 heterocycles. The Labute approximate surface area is 112 Å². The predicted molar refractivity (Wildman–Crippen MR) is 74.0 cm³/mol. The van der Waals surface area contributed by atoms with Crippen LogP contribution >= 0.6 is 12.4 Å². The number of nitrogens with two attached hydrogens (primary N) is 1. The van der Waals surface area contributed by atoms with Crippen LogP contribution in [0, 0.1) is 0 Å². The molecule has 0 atom stereocenters. The summed E-state index contributed by atoms with van der Waals surface area (Å²) in [5.74, 6) is -0.913. The van der Waals surface area contributed by atoms with Gasteiger partial charge < -0.3 is 10.8 Å². The molecule has 3 N–H and O–H groups in total. The molecule has 0 aliphatic carbocycles. The Morgan fingerprint density at radius 2 is 1.67 bits per heavy atom. The number of hydrogen-bond acceptors (Lipinski definition) is 2. The monoisotopic (exact) mass is 263 g/mol. The summed E-state index contributed by atoms with van der Waals surface area (Å²) in [4.78, 5) is 10.8. The van der Waals surface area contributed by atoms with E-state index in [9.17, 15) is 4.79 Å². The topological polar surface area (TPSA) is 63.3 Å². The molecule has 0 bridgehead atoms. The van der Waals surface area contributed by atoms with E-state index in [0.29, 0.717) is 12.1 Å². The molecule has 2 rings (SSSR count). The standard InChI is InChI=1S/C14H13NO2.ClH/c15-9-12-3-1-2-4-13(12)10-5-7-11(8-6-10)14(16)17;/h1-8H,9,15H2,(H,16,17);1H. The third-order valence-electron chi connectivity index (χ3n) is 2.68. The predicted octanol–water partition coefficient (Wildman–Crippen LogP) is 2.93. The van der Waals surface area contributed by atoms with Crippen molar-refractivity contribution in [3.8, 4) is 11.1 Å². The number of carbonyl (C=O) groups is 1. The van der Waals surface area contributed by atoms with Crippen molar-refractivity contribution in [2.75, 3.05) is 0 Å². The fourth-order valence-electron chi connectivity index (χ4n) is 1.77. The van der Waals surface area contributed by atoms with Gasteiger partial charge in [0.25, 0.3) is 0 Å². The van der Waals surface area contributed by atoms with Gasteiger partial charge in [0.05, 0.1) is 5.56 Å². The lowest BCUT2D eigenvalue weighted by atomic mass is 9.99. The summed E-state index contributed by atoms with van der Waals surface area (Å²) in [6, 6.07) is 14.7. The van der Waals surface area contributed by atoms with Crippen molar-refractivity contribution in [2.24, 2.45) is 5.73 Å². The third kappa shape index (κ3) is 2.88. The van der Waals surface area contributed by atoms with E-state index in [2.05, 4.69) is 0 Å². The first kappa shape index (κ1) is 14.2. The molecule has 0 spiro atoms. The molecule has 0 aliphatic heterocycles. The van der Waals surface area contributed by atoms with Crippen molar-refractivity contribution in [2.45, 2.75) is 6.54 Å². The maximum atomic E-state index is 10.8. The summed E-state index contributed by atoms with van der Waals surface area (Å²) in [7, 11) is 0. The summed E-state index contributed by atoms with van der Waals surface area (Å²) in [6.45, 7) is 0.469. The molecule has 2 aromatic rings. The van der Waals surface area contributed by atoms with Gasteiger partial charge in [0.2, 0.25) is 0 Å². The van der Waals surface area contributed by atoms with Crippen molar-refractivity contribution >= 4 is 18.4 Å². The van der Waals surface area contributed by atoms with Gasteiger partial charge in [-0.05, 0) is 28.8 Å². The minimum absolute atomic E-state index is 0. The smallest absolute Gasteiger partial charge is 0.335 e. The number of carboxylic acids is 1. The van der Waals surface area contributed by atoms with Crippen LogP contribution in [-0.4, -0.2) is 11.1 Å². The van der Waals surface area contributed by atoms with Gasteiger partial charge in [0, 0.05) is 6.54 Å². The van der Waals surface area contributed by atoms with E-state index >= 15 is 0 Å². The van der Waals surface area contributed by atoms with Crippen LogP contribution < -0.4 is 5.73 Å². The van der Waals surface area contributed by atoms with E-state index in [1.807, 2.05) is 24.3 Å². The second-order valence-corrected chi connectivity index (χ2v) is 3.74. The van der Waals surface area contributed by atoms with Gasteiger partial charge in [-0.1, -0.05) is 36.4 Å². The number of carboxylic acid groups (broad SMARTS) is 1. The lowest BCUT2D eigenvalue weighted by molar-refractivity contribution is 0.0697. The van der Waals surface area contributed by atoms with Crippen molar-refractivity contribution < 1.29 is 9.90 Å². The minimum atomic E-state index is -0.913. The van der Waals surface area contributed by atoms with E-state index < -0.39 is 5.97 Å². The first-order valence-electron chi connectivity index (χ1n) is 5.34. The van der Waals surface area contributed by atoms with Crippen molar-refractivity contribution in [1.82, 2.24) is 0 Å². The van der Waals surface area contributed by atoms with Crippen LogP contribution in [0.1, 0.15) is 15.9 Å². The number of aromatic carboxylic acids is 1. The molecule has 0 unspecified atom stereocenters. The summed E-state index contributed by atoms with van der Waals surface area (Å²) < 4.78 is 0. The molecule has 2 aromatic carbocycles. The molecule has 0 aromatic heterocycles. The van der Waals surface area contributed by atoms with Crippen molar-refractivity contribution in [3.05, 3.63) is 59.7 Å². The molecule has 0 aliphatic rings. The summed E-state index contributed by atoms with van der Waals surface area (Å²) in [5.41, 5.74) is 9.04. The zero-order valence-corrected chi connectivity index (χ0v) is 10.5. The molecular weight excluding hydrogens is 250 g/mol. The number of halogens is 1. The van der Waals surface area contributed by atoms with Gasteiger partial charge in [0.1, 0.15) is 0 Å². The number of rotatable bonds is 3. The molecule has 0 saturated heterocycles. The van der Waals surface area contributed by atoms with Crippen LogP contribution in [0.4, 0.5) is 0 Å².